The number of ether oxygens (including phenoxy) is 1. The van der Waals surface area contributed by atoms with Crippen LogP contribution in [0.4, 0.5) is 0 Å². The Balaban J connectivity index is 1.45. The van der Waals surface area contributed by atoms with Gasteiger partial charge >= 0.3 is 0 Å². The molecule has 6 rings (SSSR count). The van der Waals surface area contributed by atoms with Crippen LogP contribution in [0, 0.1) is 6.92 Å². The quantitative estimate of drug-likeness (QED) is 0.321. The minimum Gasteiger partial charge on any atom is -0.494 e. The molecule has 3 aromatic carbocycles. The zero-order valence-corrected chi connectivity index (χ0v) is 21.1. The van der Waals surface area contributed by atoms with Crippen molar-refractivity contribution in [2.75, 3.05) is 6.61 Å². The van der Waals surface area contributed by atoms with Gasteiger partial charge < -0.3 is 4.74 Å². The number of aryl methyl sites for hydroxylation is 1. The van der Waals surface area contributed by atoms with Gasteiger partial charge in [-0.2, -0.15) is 14.6 Å². The van der Waals surface area contributed by atoms with Gasteiger partial charge in [0, 0.05) is 22.9 Å². The molecule has 0 saturated heterocycles. The van der Waals surface area contributed by atoms with E-state index in [9.17, 15) is 4.79 Å². The van der Waals surface area contributed by atoms with Crippen molar-refractivity contribution >= 4 is 22.4 Å². The monoisotopic (exact) mass is 505 g/mol. The highest BCUT2D eigenvalue weighted by molar-refractivity contribution is 7.15. The summed E-state index contributed by atoms with van der Waals surface area (Å²) in [6.45, 7) is 4.59. The molecule has 0 amide bonds. The lowest BCUT2D eigenvalue weighted by molar-refractivity contribution is 0.340. The Labute approximate surface area is 216 Å². The second-order valence-corrected chi connectivity index (χ2v) is 9.59. The average molecular weight is 506 g/mol. The summed E-state index contributed by atoms with van der Waals surface area (Å²) >= 11 is 1.32. The van der Waals surface area contributed by atoms with Crippen molar-refractivity contribution in [2.45, 2.75) is 13.8 Å². The van der Waals surface area contributed by atoms with Crippen molar-refractivity contribution in [3.8, 4) is 34.1 Å². The fourth-order valence-electron chi connectivity index (χ4n) is 4.11. The van der Waals surface area contributed by atoms with Crippen molar-refractivity contribution in [1.82, 2.24) is 24.4 Å². The molecule has 3 heterocycles. The van der Waals surface area contributed by atoms with Gasteiger partial charge in [0.05, 0.1) is 16.8 Å². The molecule has 0 atom stereocenters. The molecule has 0 saturated carbocycles. The number of para-hydroxylation sites is 1. The fraction of sp³-hybridized carbons (Fsp3) is 0.103. The molecule has 0 aliphatic rings. The molecule has 0 radical (unpaired) electrons. The van der Waals surface area contributed by atoms with Crippen LogP contribution in [-0.4, -0.2) is 31.0 Å². The zero-order chi connectivity index (χ0) is 25.4. The Kier molecular flexibility index (Phi) is 5.86. The van der Waals surface area contributed by atoms with E-state index in [0.29, 0.717) is 21.9 Å². The van der Waals surface area contributed by atoms with Gasteiger partial charge in [0.25, 0.3) is 5.56 Å². The van der Waals surface area contributed by atoms with E-state index in [0.717, 1.165) is 39.4 Å². The number of hydrogen-bond donors (Lipinski definition) is 0. The van der Waals surface area contributed by atoms with Crippen molar-refractivity contribution in [3.63, 3.8) is 0 Å². The molecule has 6 aromatic rings. The van der Waals surface area contributed by atoms with Crippen LogP contribution in [0.5, 0.6) is 5.75 Å². The number of rotatable bonds is 6. The molecule has 8 heteroatoms. The number of aromatic nitrogens is 5. The van der Waals surface area contributed by atoms with Gasteiger partial charge in [-0.05, 0) is 56.3 Å². The molecule has 37 heavy (non-hydrogen) atoms. The van der Waals surface area contributed by atoms with E-state index in [-0.39, 0.29) is 5.56 Å². The van der Waals surface area contributed by atoms with E-state index in [4.69, 9.17) is 9.84 Å². The predicted molar refractivity (Wildman–Crippen MR) is 146 cm³/mol. The molecule has 0 fully saturated rings. The molecule has 0 N–H and O–H groups in total. The number of hydrogen-bond acceptors (Lipinski definition) is 6. The Hall–Kier alpha value is -4.56. The topological polar surface area (TPSA) is 74.3 Å². The Morgan fingerprint density at radius 1 is 0.919 bits per heavy atom. The summed E-state index contributed by atoms with van der Waals surface area (Å²) in [5, 5.41) is 9.35. The van der Waals surface area contributed by atoms with E-state index in [2.05, 4.69) is 10.1 Å². The van der Waals surface area contributed by atoms with E-state index >= 15 is 0 Å². The number of benzene rings is 3. The number of fused-ring (bicyclic) bond motifs is 1. The highest BCUT2D eigenvalue weighted by Crippen LogP contribution is 2.26. The highest BCUT2D eigenvalue weighted by atomic mass is 32.1. The van der Waals surface area contributed by atoms with Gasteiger partial charge in [-0.15, -0.1) is 5.10 Å². The van der Waals surface area contributed by atoms with Crippen LogP contribution in [0.3, 0.4) is 0 Å². The summed E-state index contributed by atoms with van der Waals surface area (Å²) in [6, 6.07) is 25.7. The molecule has 0 spiro atoms. The summed E-state index contributed by atoms with van der Waals surface area (Å²) < 4.78 is 9.35. The maximum absolute atomic E-state index is 13.3. The molecular weight excluding hydrogens is 482 g/mol. The van der Waals surface area contributed by atoms with Gasteiger partial charge in [0.2, 0.25) is 4.96 Å². The first-order valence-electron chi connectivity index (χ1n) is 12.0. The first kappa shape index (κ1) is 22.9. The van der Waals surface area contributed by atoms with Crippen molar-refractivity contribution in [1.29, 1.82) is 0 Å². The van der Waals surface area contributed by atoms with Crippen LogP contribution in [0.1, 0.15) is 18.1 Å². The molecule has 3 aromatic heterocycles. The minimum atomic E-state index is -0.198. The first-order chi connectivity index (χ1) is 18.1. The van der Waals surface area contributed by atoms with Crippen LogP contribution in [-0.2, 0) is 0 Å². The Morgan fingerprint density at radius 2 is 1.65 bits per heavy atom. The maximum atomic E-state index is 13.3. The highest BCUT2D eigenvalue weighted by Gasteiger charge is 2.15. The van der Waals surface area contributed by atoms with E-state index in [1.54, 1.807) is 0 Å². The van der Waals surface area contributed by atoms with Gasteiger partial charge in [-0.25, -0.2) is 4.68 Å². The molecule has 0 bridgehead atoms. The lowest BCUT2D eigenvalue weighted by atomic mass is 10.1. The second-order valence-electron chi connectivity index (χ2n) is 8.58. The van der Waals surface area contributed by atoms with Gasteiger partial charge in [0.1, 0.15) is 11.4 Å². The van der Waals surface area contributed by atoms with Crippen LogP contribution in [0.25, 0.3) is 39.4 Å². The van der Waals surface area contributed by atoms with E-state index in [1.807, 2.05) is 110 Å². The lowest BCUT2D eigenvalue weighted by Gasteiger charge is -2.04. The summed E-state index contributed by atoms with van der Waals surface area (Å²) in [5.41, 5.74) is 5.30. The second kappa shape index (κ2) is 9.48. The summed E-state index contributed by atoms with van der Waals surface area (Å²) in [4.78, 5) is 18.4. The van der Waals surface area contributed by atoms with Crippen LogP contribution in [0.2, 0.25) is 0 Å². The summed E-state index contributed by atoms with van der Waals surface area (Å²) in [5.74, 6) is 1.35. The lowest BCUT2D eigenvalue weighted by Crippen LogP contribution is -2.23. The molecule has 0 unspecified atom stereocenters. The standard InChI is InChI=1S/C29H23N5O2S/c1-3-36-24-15-13-20(14-16-24)26-22(18-33(31-26)23-7-5-4-6-8-23)17-25-28(35)34-29(37-25)30-27(32-34)21-11-9-19(2)10-12-21/h4-18H,3H2,1-2H3. The normalized spacial score (nSPS) is 11.9. The van der Waals surface area contributed by atoms with Crippen molar-refractivity contribution in [2.24, 2.45) is 0 Å². The summed E-state index contributed by atoms with van der Waals surface area (Å²) in [7, 11) is 0. The SMILES string of the molecule is CCOc1ccc(-c2nn(-c3ccccc3)cc2C=c2sc3nc(-c4ccc(C)cc4)nn3c2=O)cc1. The third-order valence-corrected chi connectivity index (χ3v) is 6.94. The summed E-state index contributed by atoms with van der Waals surface area (Å²) in [6.07, 6.45) is 3.81. The largest absolute Gasteiger partial charge is 0.494 e. The third-order valence-electron chi connectivity index (χ3n) is 5.98. The molecule has 0 aliphatic carbocycles. The molecular formula is C29H23N5O2S. The van der Waals surface area contributed by atoms with Crippen molar-refractivity contribution in [3.05, 3.63) is 111 Å². The number of nitrogens with zero attached hydrogens (tertiary/aromatic N) is 5. The third kappa shape index (κ3) is 4.43. The zero-order valence-electron chi connectivity index (χ0n) is 20.3. The van der Waals surface area contributed by atoms with E-state index < -0.39 is 0 Å². The Morgan fingerprint density at radius 3 is 2.35 bits per heavy atom. The van der Waals surface area contributed by atoms with Crippen LogP contribution < -0.4 is 14.8 Å². The fourth-order valence-corrected chi connectivity index (χ4v) is 5.00. The van der Waals surface area contributed by atoms with Crippen LogP contribution >= 0.6 is 11.3 Å². The van der Waals surface area contributed by atoms with Crippen molar-refractivity contribution < 1.29 is 4.74 Å². The van der Waals surface area contributed by atoms with Gasteiger partial charge in [-0.3, -0.25) is 4.79 Å². The number of thiazole rings is 1. The van der Waals surface area contributed by atoms with Crippen LogP contribution in [0.15, 0.2) is 89.9 Å². The van der Waals surface area contributed by atoms with E-state index in [1.165, 1.54) is 15.9 Å². The Bertz CT molecular complexity index is 1800. The molecule has 182 valence electrons. The van der Waals surface area contributed by atoms with Gasteiger partial charge in [-0.1, -0.05) is 59.4 Å². The maximum Gasteiger partial charge on any atom is 0.291 e. The smallest absolute Gasteiger partial charge is 0.291 e. The predicted octanol–water partition coefficient (Wildman–Crippen LogP) is 4.93. The first-order valence-corrected chi connectivity index (χ1v) is 12.8. The average Bonchev–Trinajstić information content (AvgIpc) is 3.61. The molecule has 0 aliphatic heterocycles. The minimum absolute atomic E-state index is 0.198. The van der Waals surface area contributed by atoms with Gasteiger partial charge in [0.15, 0.2) is 5.82 Å². The molecule has 7 nitrogen and oxygen atoms in total.